The number of aliphatic hydroxyl groups is 1. The Morgan fingerprint density at radius 2 is 1.83 bits per heavy atom. The van der Waals surface area contributed by atoms with Crippen LogP contribution in [0.4, 0.5) is 5.69 Å². The van der Waals surface area contributed by atoms with E-state index in [1.807, 2.05) is 24.3 Å². The molecule has 1 aromatic rings. The van der Waals surface area contributed by atoms with E-state index in [0.717, 1.165) is 5.69 Å². The molecule has 96 valence electrons. The van der Waals surface area contributed by atoms with E-state index in [1.54, 1.807) is 0 Å². The van der Waals surface area contributed by atoms with Crippen LogP contribution in [-0.4, -0.2) is 24.3 Å². The van der Waals surface area contributed by atoms with Gasteiger partial charge in [-0.05, 0) is 37.1 Å². The van der Waals surface area contributed by atoms with Crippen LogP contribution in [0.15, 0.2) is 24.3 Å². The second kappa shape index (κ2) is 6.42. The third-order valence-corrected chi connectivity index (χ3v) is 3.68. The minimum Gasteiger partial charge on any atom is -0.395 e. The summed E-state index contributed by atoms with van der Waals surface area (Å²) in [6, 6.07) is 10.4. The van der Waals surface area contributed by atoms with Crippen molar-refractivity contribution in [3.63, 3.8) is 0 Å². The molecule has 0 atom stereocenters. The molecule has 0 aliphatic heterocycles. The zero-order valence-electron chi connectivity index (χ0n) is 10.7. The molecule has 2 rings (SSSR count). The molecular formula is C15H20N2O. The molecule has 0 heterocycles. The van der Waals surface area contributed by atoms with Gasteiger partial charge >= 0.3 is 0 Å². The van der Waals surface area contributed by atoms with Crippen LogP contribution in [-0.2, 0) is 0 Å². The first-order chi connectivity index (χ1) is 8.85. The second-order valence-corrected chi connectivity index (χ2v) is 4.87. The van der Waals surface area contributed by atoms with E-state index in [9.17, 15) is 5.11 Å². The van der Waals surface area contributed by atoms with Gasteiger partial charge < -0.3 is 10.0 Å². The SMILES string of the molecule is N#Cc1ccc(N(CCO)C2CCCCC2)cc1. The van der Waals surface area contributed by atoms with Gasteiger partial charge in [0.1, 0.15) is 0 Å². The molecule has 18 heavy (non-hydrogen) atoms. The normalized spacial score (nSPS) is 16.2. The Morgan fingerprint density at radius 3 is 2.39 bits per heavy atom. The minimum atomic E-state index is 0.177. The smallest absolute Gasteiger partial charge is 0.0991 e. The van der Waals surface area contributed by atoms with E-state index in [2.05, 4.69) is 11.0 Å². The van der Waals surface area contributed by atoms with Crippen molar-refractivity contribution < 1.29 is 5.11 Å². The first-order valence-electron chi connectivity index (χ1n) is 6.73. The van der Waals surface area contributed by atoms with Gasteiger partial charge in [-0.2, -0.15) is 5.26 Å². The summed E-state index contributed by atoms with van der Waals surface area (Å²) < 4.78 is 0. The van der Waals surface area contributed by atoms with E-state index in [-0.39, 0.29) is 6.61 Å². The Balaban J connectivity index is 2.14. The highest BCUT2D eigenvalue weighted by molar-refractivity contribution is 5.50. The fourth-order valence-electron chi connectivity index (χ4n) is 2.75. The summed E-state index contributed by atoms with van der Waals surface area (Å²) in [5, 5.41) is 18.1. The van der Waals surface area contributed by atoms with Crippen molar-refractivity contribution in [3.8, 4) is 6.07 Å². The molecule has 1 aromatic carbocycles. The quantitative estimate of drug-likeness (QED) is 0.885. The lowest BCUT2D eigenvalue weighted by atomic mass is 9.93. The van der Waals surface area contributed by atoms with Gasteiger partial charge in [-0.15, -0.1) is 0 Å². The van der Waals surface area contributed by atoms with Crippen molar-refractivity contribution in [2.24, 2.45) is 0 Å². The van der Waals surface area contributed by atoms with Gasteiger partial charge in [0.2, 0.25) is 0 Å². The van der Waals surface area contributed by atoms with E-state index >= 15 is 0 Å². The number of nitriles is 1. The van der Waals surface area contributed by atoms with Gasteiger partial charge in [-0.1, -0.05) is 19.3 Å². The lowest BCUT2D eigenvalue weighted by molar-refractivity contribution is 0.290. The third-order valence-electron chi connectivity index (χ3n) is 3.68. The molecule has 3 nitrogen and oxygen atoms in total. The number of nitrogens with zero attached hydrogens (tertiary/aromatic N) is 2. The number of benzene rings is 1. The number of aliphatic hydroxyl groups excluding tert-OH is 1. The molecule has 0 unspecified atom stereocenters. The first-order valence-corrected chi connectivity index (χ1v) is 6.73. The standard InChI is InChI=1S/C15H20N2O/c16-12-13-6-8-15(9-7-13)17(10-11-18)14-4-2-1-3-5-14/h6-9,14,18H,1-5,10-11H2. The maximum absolute atomic E-state index is 9.24. The molecule has 1 aliphatic carbocycles. The molecule has 0 aromatic heterocycles. The molecule has 0 amide bonds. The van der Waals surface area contributed by atoms with E-state index in [1.165, 1.54) is 32.1 Å². The van der Waals surface area contributed by atoms with E-state index < -0.39 is 0 Å². The van der Waals surface area contributed by atoms with Gasteiger partial charge in [-0.3, -0.25) is 0 Å². The Morgan fingerprint density at radius 1 is 1.17 bits per heavy atom. The summed E-state index contributed by atoms with van der Waals surface area (Å²) in [4.78, 5) is 2.29. The highest BCUT2D eigenvalue weighted by atomic mass is 16.3. The fourth-order valence-corrected chi connectivity index (χ4v) is 2.75. The summed E-state index contributed by atoms with van der Waals surface area (Å²) in [6.45, 7) is 0.854. The first kappa shape index (κ1) is 12.9. The fraction of sp³-hybridized carbons (Fsp3) is 0.533. The Kier molecular flexibility index (Phi) is 4.60. The lowest BCUT2D eigenvalue weighted by Crippen LogP contribution is -2.38. The number of rotatable bonds is 4. The van der Waals surface area contributed by atoms with Crippen LogP contribution in [0.1, 0.15) is 37.7 Å². The molecular weight excluding hydrogens is 224 g/mol. The maximum atomic E-state index is 9.24. The topological polar surface area (TPSA) is 47.3 Å². The lowest BCUT2D eigenvalue weighted by Gasteiger charge is -2.35. The predicted molar refractivity (Wildman–Crippen MR) is 72.5 cm³/mol. The highest BCUT2D eigenvalue weighted by Crippen LogP contribution is 2.27. The van der Waals surface area contributed by atoms with Gasteiger partial charge in [0.25, 0.3) is 0 Å². The van der Waals surface area contributed by atoms with Crippen LogP contribution >= 0.6 is 0 Å². The van der Waals surface area contributed by atoms with Crippen LogP contribution in [0.2, 0.25) is 0 Å². The second-order valence-electron chi connectivity index (χ2n) is 4.87. The Hall–Kier alpha value is -1.53. The molecule has 0 bridgehead atoms. The molecule has 3 heteroatoms. The maximum Gasteiger partial charge on any atom is 0.0991 e. The summed E-state index contributed by atoms with van der Waals surface area (Å²) in [7, 11) is 0. The van der Waals surface area contributed by atoms with Crippen molar-refractivity contribution in [2.45, 2.75) is 38.1 Å². The molecule has 0 radical (unpaired) electrons. The van der Waals surface area contributed by atoms with Crippen LogP contribution < -0.4 is 4.90 Å². The molecule has 1 fully saturated rings. The summed E-state index contributed by atoms with van der Waals surface area (Å²) >= 11 is 0. The molecule has 1 aliphatic rings. The van der Waals surface area contributed by atoms with Crippen LogP contribution in [0.25, 0.3) is 0 Å². The monoisotopic (exact) mass is 244 g/mol. The van der Waals surface area contributed by atoms with Crippen LogP contribution in [0.3, 0.4) is 0 Å². The van der Waals surface area contributed by atoms with Gasteiger partial charge in [-0.25, -0.2) is 0 Å². The zero-order chi connectivity index (χ0) is 12.8. The van der Waals surface area contributed by atoms with Gasteiger partial charge in [0, 0.05) is 18.3 Å². The number of hydrogen-bond acceptors (Lipinski definition) is 3. The average Bonchev–Trinajstić information content (AvgIpc) is 2.46. The van der Waals surface area contributed by atoms with Crippen LogP contribution in [0.5, 0.6) is 0 Å². The minimum absolute atomic E-state index is 0.177. The summed E-state index contributed by atoms with van der Waals surface area (Å²) in [5.74, 6) is 0. The van der Waals surface area contributed by atoms with Crippen molar-refractivity contribution in [1.29, 1.82) is 5.26 Å². The van der Waals surface area contributed by atoms with Crippen molar-refractivity contribution in [1.82, 2.24) is 0 Å². The van der Waals surface area contributed by atoms with Crippen molar-refractivity contribution in [3.05, 3.63) is 29.8 Å². The van der Waals surface area contributed by atoms with E-state index in [0.29, 0.717) is 18.2 Å². The van der Waals surface area contributed by atoms with Crippen LogP contribution in [0, 0.1) is 11.3 Å². The van der Waals surface area contributed by atoms with Gasteiger partial charge in [0.05, 0.1) is 18.2 Å². The molecule has 0 saturated heterocycles. The third kappa shape index (κ3) is 3.02. The number of anilines is 1. The predicted octanol–water partition coefficient (Wildman–Crippen LogP) is 2.69. The largest absolute Gasteiger partial charge is 0.395 e. The molecule has 1 N–H and O–H groups in total. The number of hydrogen-bond donors (Lipinski definition) is 1. The average molecular weight is 244 g/mol. The Labute approximate surface area is 109 Å². The van der Waals surface area contributed by atoms with E-state index in [4.69, 9.17) is 5.26 Å². The summed E-state index contributed by atoms with van der Waals surface area (Å²) in [6.07, 6.45) is 6.31. The van der Waals surface area contributed by atoms with Gasteiger partial charge in [0.15, 0.2) is 0 Å². The zero-order valence-corrected chi connectivity index (χ0v) is 10.7. The molecule has 1 saturated carbocycles. The Bertz CT molecular complexity index is 401. The summed E-state index contributed by atoms with van der Waals surface area (Å²) in [5.41, 5.74) is 1.81. The molecule has 0 spiro atoms. The highest BCUT2D eigenvalue weighted by Gasteiger charge is 2.20. The van der Waals surface area contributed by atoms with Crippen molar-refractivity contribution >= 4 is 5.69 Å². The van der Waals surface area contributed by atoms with Crippen molar-refractivity contribution in [2.75, 3.05) is 18.1 Å².